The van der Waals surface area contributed by atoms with Crippen LogP contribution in [0.25, 0.3) is 22.3 Å². The Bertz CT molecular complexity index is 1380. The molecule has 0 aliphatic carbocycles. The van der Waals surface area contributed by atoms with Crippen LogP contribution in [0.15, 0.2) is 67.0 Å². The van der Waals surface area contributed by atoms with Crippen molar-refractivity contribution in [3.05, 3.63) is 78.1 Å². The minimum absolute atomic E-state index is 0.300. The van der Waals surface area contributed by atoms with Crippen LogP contribution in [0.4, 0.5) is 5.82 Å². The van der Waals surface area contributed by atoms with E-state index >= 15 is 0 Å². The Balaban J connectivity index is 1.19. The smallest absolute Gasteiger partial charge is 0.243 e. The fraction of sp³-hybridized carbons (Fsp3) is 0.424. The van der Waals surface area contributed by atoms with Gasteiger partial charge < -0.3 is 15.6 Å². The van der Waals surface area contributed by atoms with Gasteiger partial charge in [-0.15, -0.1) is 0 Å². The van der Waals surface area contributed by atoms with Crippen LogP contribution >= 0.6 is 0 Å². The zero-order valence-corrected chi connectivity index (χ0v) is 24.3. The number of aromatic nitrogens is 3. The van der Waals surface area contributed by atoms with Crippen LogP contribution in [0.1, 0.15) is 56.1 Å². The second kappa shape index (κ2) is 15.4. The predicted molar refractivity (Wildman–Crippen MR) is 167 cm³/mol. The fourth-order valence-corrected chi connectivity index (χ4v) is 5.80. The number of anilines is 1. The van der Waals surface area contributed by atoms with Crippen LogP contribution in [0.3, 0.4) is 0 Å². The Morgan fingerprint density at radius 3 is 2.52 bits per heavy atom. The quantitative estimate of drug-likeness (QED) is 0.0750. The molecule has 9 nitrogen and oxygen atoms in total. The summed E-state index contributed by atoms with van der Waals surface area (Å²) in [5.41, 5.74) is 7.33. The predicted octanol–water partition coefficient (Wildman–Crippen LogP) is 5.29. The van der Waals surface area contributed by atoms with Gasteiger partial charge in [0.25, 0.3) is 0 Å². The topological polar surface area (TPSA) is 118 Å². The van der Waals surface area contributed by atoms with E-state index in [4.69, 9.17) is 5.21 Å². The number of hydroxylamine groups is 1. The number of amides is 1. The van der Waals surface area contributed by atoms with E-state index in [0.29, 0.717) is 12.5 Å². The Morgan fingerprint density at radius 2 is 1.74 bits per heavy atom. The highest BCUT2D eigenvalue weighted by Gasteiger charge is 2.21. The van der Waals surface area contributed by atoms with Gasteiger partial charge in [-0.25, -0.2) is 15.4 Å². The molecule has 0 saturated carbocycles. The molecule has 0 unspecified atom stereocenters. The third-order valence-electron chi connectivity index (χ3n) is 8.17. The van der Waals surface area contributed by atoms with Crippen molar-refractivity contribution in [2.75, 3.05) is 31.5 Å². The van der Waals surface area contributed by atoms with Gasteiger partial charge in [0, 0.05) is 31.2 Å². The molecule has 3 heterocycles. The summed E-state index contributed by atoms with van der Waals surface area (Å²) in [7, 11) is 0. The van der Waals surface area contributed by atoms with Gasteiger partial charge >= 0.3 is 0 Å². The monoisotopic (exact) mass is 569 g/mol. The summed E-state index contributed by atoms with van der Waals surface area (Å²) >= 11 is 0. The van der Waals surface area contributed by atoms with Crippen molar-refractivity contribution in [2.45, 2.75) is 64.0 Å². The van der Waals surface area contributed by atoms with E-state index in [1.165, 1.54) is 24.0 Å². The summed E-state index contributed by atoms with van der Waals surface area (Å²) in [5, 5.41) is 16.6. The lowest BCUT2D eigenvalue weighted by Gasteiger charge is -2.35. The van der Waals surface area contributed by atoms with Gasteiger partial charge in [-0.1, -0.05) is 67.4 Å². The van der Waals surface area contributed by atoms with Crippen molar-refractivity contribution in [1.82, 2.24) is 30.6 Å². The van der Waals surface area contributed by atoms with Gasteiger partial charge in [-0.3, -0.25) is 14.9 Å². The molecule has 0 spiro atoms. The van der Waals surface area contributed by atoms with Crippen molar-refractivity contribution in [3.63, 3.8) is 0 Å². The normalized spacial score (nSPS) is 14.0. The molecule has 42 heavy (non-hydrogen) atoms. The van der Waals surface area contributed by atoms with E-state index in [9.17, 15) is 4.79 Å². The second-order valence-corrected chi connectivity index (χ2v) is 11.2. The molecule has 1 amide bonds. The number of unbranched alkanes of at least 4 members (excludes halogenated alkanes) is 3. The van der Waals surface area contributed by atoms with E-state index in [2.05, 4.69) is 85.1 Å². The number of hydrogen-bond donors (Lipinski definition) is 5. The van der Waals surface area contributed by atoms with E-state index in [0.717, 1.165) is 92.9 Å². The highest BCUT2D eigenvalue weighted by atomic mass is 16.5. The number of carbonyl (C=O) groups excluding carboxylic acids is 1. The number of H-pyrrole nitrogens is 1. The van der Waals surface area contributed by atoms with Gasteiger partial charge in [-0.2, -0.15) is 0 Å². The minimum Gasteiger partial charge on any atom is -0.369 e. The molecule has 2 aromatic carbocycles. The zero-order valence-electron chi connectivity index (χ0n) is 24.3. The average molecular weight is 570 g/mol. The van der Waals surface area contributed by atoms with E-state index < -0.39 is 0 Å². The van der Waals surface area contributed by atoms with Crippen LogP contribution in [0, 0.1) is 0 Å². The first-order chi connectivity index (χ1) is 20.7. The number of nitrogens with zero attached hydrogens (tertiary/aromatic N) is 3. The van der Waals surface area contributed by atoms with Crippen LogP contribution in [0.2, 0.25) is 0 Å². The highest BCUT2D eigenvalue weighted by Crippen LogP contribution is 2.27. The third kappa shape index (κ3) is 8.38. The Kier molecular flexibility index (Phi) is 10.9. The van der Waals surface area contributed by atoms with E-state index in [1.54, 1.807) is 11.8 Å². The lowest BCUT2D eigenvalue weighted by atomic mass is 10.0. The van der Waals surface area contributed by atoms with Crippen LogP contribution in [0.5, 0.6) is 0 Å². The summed E-state index contributed by atoms with van der Waals surface area (Å²) in [6, 6.07) is 22.1. The summed E-state index contributed by atoms with van der Waals surface area (Å²) < 4.78 is 0. The molecule has 0 bridgehead atoms. The van der Waals surface area contributed by atoms with E-state index in [-0.39, 0.29) is 5.91 Å². The van der Waals surface area contributed by atoms with Crippen molar-refractivity contribution in [2.24, 2.45) is 0 Å². The lowest BCUT2D eigenvalue weighted by molar-refractivity contribution is -0.129. The first-order valence-corrected chi connectivity index (χ1v) is 15.3. The molecule has 1 aliphatic rings. The first kappa shape index (κ1) is 29.7. The minimum atomic E-state index is -0.300. The molecule has 5 rings (SSSR count). The first-order valence-electron chi connectivity index (χ1n) is 15.3. The summed E-state index contributed by atoms with van der Waals surface area (Å²) in [5.74, 6) is 0.551. The van der Waals surface area contributed by atoms with Gasteiger partial charge in [-0.05, 0) is 74.5 Å². The van der Waals surface area contributed by atoms with Crippen molar-refractivity contribution < 1.29 is 10.0 Å². The highest BCUT2D eigenvalue weighted by molar-refractivity contribution is 5.91. The lowest BCUT2D eigenvalue weighted by Crippen LogP contribution is -2.43. The van der Waals surface area contributed by atoms with Gasteiger partial charge in [0.1, 0.15) is 17.8 Å². The maximum absolute atomic E-state index is 11.2. The zero-order chi connectivity index (χ0) is 29.0. The molecular formula is C33H43N7O2. The molecular weight excluding hydrogens is 526 g/mol. The third-order valence-corrected chi connectivity index (χ3v) is 8.17. The molecule has 0 atom stereocenters. The number of hydrogen-bond acceptors (Lipinski definition) is 7. The SMILES string of the molecule is O=C(CCCCCCN(Cc1ccc(-c2cc3c(NCCc4ccccc4)ncnc3[nH]2)cc1)C1CCNCC1)NO. The van der Waals surface area contributed by atoms with Crippen LogP contribution in [-0.2, 0) is 17.8 Å². The largest absolute Gasteiger partial charge is 0.369 e. The molecule has 2 aromatic heterocycles. The number of aromatic amines is 1. The Hall–Kier alpha value is -3.79. The van der Waals surface area contributed by atoms with Crippen molar-refractivity contribution in [1.29, 1.82) is 0 Å². The number of piperidine rings is 1. The molecule has 1 saturated heterocycles. The summed E-state index contributed by atoms with van der Waals surface area (Å²) in [4.78, 5) is 26.3. The number of nitrogens with one attached hydrogen (secondary N) is 4. The molecule has 222 valence electrons. The molecule has 1 aliphatic heterocycles. The number of benzene rings is 2. The average Bonchev–Trinajstić information content (AvgIpc) is 3.48. The van der Waals surface area contributed by atoms with E-state index in [1.807, 2.05) is 6.07 Å². The van der Waals surface area contributed by atoms with Crippen LogP contribution < -0.4 is 16.1 Å². The number of fused-ring (bicyclic) bond motifs is 1. The van der Waals surface area contributed by atoms with Gasteiger partial charge in [0.2, 0.25) is 5.91 Å². The second-order valence-electron chi connectivity index (χ2n) is 11.2. The molecule has 5 N–H and O–H groups in total. The summed E-state index contributed by atoms with van der Waals surface area (Å²) in [6.45, 7) is 4.94. The fourth-order valence-electron chi connectivity index (χ4n) is 5.80. The molecule has 0 radical (unpaired) electrons. The molecule has 9 heteroatoms. The number of carbonyl (C=O) groups is 1. The molecule has 4 aromatic rings. The molecule has 1 fully saturated rings. The van der Waals surface area contributed by atoms with Crippen molar-refractivity contribution >= 4 is 22.8 Å². The maximum Gasteiger partial charge on any atom is 0.243 e. The van der Waals surface area contributed by atoms with Crippen LogP contribution in [-0.4, -0.2) is 63.2 Å². The standard InChI is InChI=1S/C33H43N7O2/c41-31(39-42)10-6-1-2-7-21-40(28-16-18-34-19-17-28)23-26-11-13-27(14-12-26)30-22-29-32(36-24-37-33(29)38-30)35-20-15-25-8-4-3-5-9-25/h3-5,8-9,11-14,22,24,28,34,42H,1-2,6-7,10,15-21,23H2,(H,39,41)(H2,35,36,37,38). The van der Waals surface area contributed by atoms with Gasteiger partial charge in [0.15, 0.2) is 0 Å². The maximum atomic E-state index is 11.2. The van der Waals surface area contributed by atoms with Crippen molar-refractivity contribution in [3.8, 4) is 11.3 Å². The Labute approximate surface area is 248 Å². The van der Waals surface area contributed by atoms with Gasteiger partial charge in [0.05, 0.1) is 5.39 Å². The number of rotatable bonds is 15. The Morgan fingerprint density at radius 1 is 0.952 bits per heavy atom. The summed E-state index contributed by atoms with van der Waals surface area (Å²) in [6.07, 6.45) is 9.29.